The number of nitrogens with one attached hydrogen (secondary N) is 2. The number of methoxy groups -OCH3 is 1. The van der Waals surface area contributed by atoms with Gasteiger partial charge in [0.1, 0.15) is 0 Å². The number of ether oxygens (including phenoxy) is 1. The lowest BCUT2D eigenvalue weighted by Crippen LogP contribution is -2.30. The van der Waals surface area contributed by atoms with E-state index in [4.69, 9.17) is 4.74 Å². The number of rotatable bonds is 6. The summed E-state index contributed by atoms with van der Waals surface area (Å²) in [6.07, 6.45) is 1.43. The van der Waals surface area contributed by atoms with Crippen LogP contribution in [0.2, 0.25) is 0 Å². The predicted molar refractivity (Wildman–Crippen MR) is 106 cm³/mol. The smallest absolute Gasteiger partial charge is 0.307 e. The largest absolute Gasteiger partial charge is 0.469 e. The monoisotopic (exact) mass is 445 g/mol. The van der Waals surface area contributed by atoms with E-state index in [0.717, 1.165) is 10.0 Å². The van der Waals surface area contributed by atoms with Crippen LogP contribution in [0, 0.1) is 10.1 Å². The molecule has 0 saturated heterocycles. The van der Waals surface area contributed by atoms with Crippen molar-refractivity contribution in [3.8, 4) is 0 Å². The van der Waals surface area contributed by atoms with Gasteiger partial charge in [0.15, 0.2) is 0 Å². The Morgan fingerprint density at radius 3 is 2.75 bits per heavy atom. The van der Waals surface area contributed by atoms with Crippen molar-refractivity contribution in [3.63, 3.8) is 0 Å². The van der Waals surface area contributed by atoms with Crippen LogP contribution in [0.25, 0.3) is 10.9 Å². The van der Waals surface area contributed by atoms with Crippen molar-refractivity contribution in [2.24, 2.45) is 0 Å². The number of non-ortho nitro benzene ring substituents is 1. The maximum Gasteiger partial charge on any atom is 0.307 e. The van der Waals surface area contributed by atoms with Gasteiger partial charge in [0, 0.05) is 33.7 Å². The molecule has 0 saturated carbocycles. The van der Waals surface area contributed by atoms with Gasteiger partial charge < -0.3 is 15.0 Å². The van der Waals surface area contributed by atoms with E-state index in [9.17, 15) is 19.7 Å². The number of aromatic amines is 1. The first-order valence-corrected chi connectivity index (χ1v) is 9.07. The molecule has 8 nitrogen and oxygen atoms in total. The first kappa shape index (κ1) is 19.6. The van der Waals surface area contributed by atoms with Crippen LogP contribution in [-0.4, -0.2) is 28.9 Å². The van der Waals surface area contributed by atoms with Crippen LogP contribution in [0.15, 0.2) is 53.1 Å². The molecule has 0 spiro atoms. The van der Waals surface area contributed by atoms with Crippen LogP contribution in [0.5, 0.6) is 0 Å². The van der Waals surface area contributed by atoms with Gasteiger partial charge in [-0.15, -0.1) is 0 Å². The van der Waals surface area contributed by atoms with Crippen molar-refractivity contribution in [3.05, 3.63) is 74.4 Å². The first-order chi connectivity index (χ1) is 13.4. The maximum absolute atomic E-state index is 12.9. The lowest BCUT2D eigenvalue weighted by molar-refractivity contribution is -0.384. The summed E-state index contributed by atoms with van der Waals surface area (Å²) in [5, 5.41) is 14.3. The second-order valence-electron chi connectivity index (χ2n) is 6.05. The van der Waals surface area contributed by atoms with Crippen molar-refractivity contribution in [1.82, 2.24) is 10.3 Å². The predicted octanol–water partition coefficient (Wildman–Crippen LogP) is 3.87. The average Bonchev–Trinajstić information content (AvgIpc) is 3.10. The summed E-state index contributed by atoms with van der Waals surface area (Å²) >= 11 is 3.38. The molecule has 2 aromatic carbocycles. The Kier molecular flexibility index (Phi) is 5.74. The third kappa shape index (κ3) is 4.20. The number of aromatic nitrogens is 1. The Morgan fingerprint density at radius 2 is 2.07 bits per heavy atom. The normalized spacial score (nSPS) is 11.8. The minimum atomic E-state index is -0.624. The van der Waals surface area contributed by atoms with Crippen LogP contribution in [0.3, 0.4) is 0 Å². The highest BCUT2D eigenvalue weighted by Gasteiger charge is 2.22. The topological polar surface area (TPSA) is 114 Å². The van der Waals surface area contributed by atoms with E-state index in [-0.39, 0.29) is 17.7 Å². The molecule has 1 unspecified atom stereocenters. The van der Waals surface area contributed by atoms with Crippen LogP contribution in [0.4, 0.5) is 5.69 Å². The van der Waals surface area contributed by atoms with Gasteiger partial charge in [-0.05, 0) is 23.8 Å². The summed E-state index contributed by atoms with van der Waals surface area (Å²) in [6, 6.07) is 10.8. The van der Waals surface area contributed by atoms with Gasteiger partial charge >= 0.3 is 5.97 Å². The molecule has 1 atom stereocenters. The summed E-state index contributed by atoms with van der Waals surface area (Å²) in [4.78, 5) is 38.1. The quantitative estimate of drug-likeness (QED) is 0.339. The fraction of sp³-hybridized carbons (Fsp3) is 0.158. The van der Waals surface area contributed by atoms with Crippen LogP contribution in [-0.2, 0) is 9.53 Å². The minimum Gasteiger partial charge on any atom is -0.469 e. The number of hydrogen-bond acceptors (Lipinski definition) is 5. The van der Waals surface area contributed by atoms with Crippen molar-refractivity contribution >= 4 is 44.4 Å². The molecule has 3 rings (SSSR count). The third-order valence-electron chi connectivity index (χ3n) is 4.28. The van der Waals surface area contributed by atoms with Crippen molar-refractivity contribution in [1.29, 1.82) is 0 Å². The number of carbonyl (C=O) groups is 2. The lowest BCUT2D eigenvalue weighted by atomic mass is 10.0. The molecular weight excluding hydrogens is 430 g/mol. The average molecular weight is 446 g/mol. The molecule has 1 amide bonds. The molecule has 0 aliphatic rings. The highest BCUT2D eigenvalue weighted by atomic mass is 79.9. The van der Waals surface area contributed by atoms with E-state index in [2.05, 4.69) is 26.2 Å². The summed E-state index contributed by atoms with van der Waals surface area (Å²) in [5.41, 5.74) is 1.46. The molecule has 1 aromatic heterocycles. The second-order valence-corrected chi connectivity index (χ2v) is 6.97. The SMILES string of the molecule is COC(=O)CC(NC(=O)c1c[nH]c2ccc([N+](=O)[O-])cc12)c1cccc(Br)c1. The number of hydrogen-bond donors (Lipinski definition) is 2. The molecule has 3 aromatic rings. The van der Waals surface area contributed by atoms with E-state index < -0.39 is 22.8 Å². The van der Waals surface area contributed by atoms with E-state index in [1.165, 1.54) is 25.4 Å². The molecule has 9 heteroatoms. The van der Waals surface area contributed by atoms with Crippen LogP contribution >= 0.6 is 15.9 Å². The summed E-state index contributed by atoms with van der Waals surface area (Å²) in [7, 11) is 1.28. The number of fused-ring (bicyclic) bond motifs is 1. The number of amides is 1. The van der Waals surface area contributed by atoms with Crippen molar-refractivity contribution < 1.29 is 19.2 Å². The number of esters is 1. The highest BCUT2D eigenvalue weighted by Crippen LogP contribution is 2.26. The Morgan fingerprint density at radius 1 is 1.29 bits per heavy atom. The van der Waals surface area contributed by atoms with Gasteiger partial charge in [0.05, 0.1) is 30.1 Å². The molecule has 2 N–H and O–H groups in total. The highest BCUT2D eigenvalue weighted by molar-refractivity contribution is 9.10. The van der Waals surface area contributed by atoms with Gasteiger partial charge in [0.2, 0.25) is 0 Å². The molecule has 0 bridgehead atoms. The number of nitro groups is 1. The van der Waals surface area contributed by atoms with Crippen molar-refractivity contribution in [2.75, 3.05) is 7.11 Å². The molecule has 0 aliphatic carbocycles. The Hall–Kier alpha value is -3.20. The zero-order valence-electron chi connectivity index (χ0n) is 14.8. The second kappa shape index (κ2) is 8.22. The van der Waals surface area contributed by atoms with E-state index in [0.29, 0.717) is 10.9 Å². The van der Waals surface area contributed by atoms with Gasteiger partial charge in [-0.25, -0.2) is 0 Å². The number of halogens is 1. The maximum atomic E-state index is 12.9. The van der Waals surface area contributed by atoms with Gasteiger partial charge in [0.25, 0.3) is 11.6 Å². The summed E-state index contributed by atoms with van der Waals surface area (Å²) in [6.45, 7) is 0. The molecule has 144 valence electrons. The molecule has 28 heavy (non-hydrogen) atoms. The molecule has 1 heterocycles. The lowest BCUT2D eigenvalue weighted by Gasteiger charge is -2.18. The third-order valence-corrected chi connectivity index (χ3v) is 4.77. The molecular formula is C19H16BrN3O5. The van der Waals surface area contributed by atoms with Crippen molar-refractivity contribution in [2.45, 2.75) is 12.5 Å². The standard InChI is InChI=1S/C19H16BrN3O5/c1-28-18(24)9-17(11-3-2-4-12(20)7-11)22-19(25)15-10-21-16-6-5-13(23(26)27)8-14(15)16/h2-8,10,17,21H,9H2,1H3,(H,22,25). The molecule has 0 radical (unpaired) electrons. The first-order valence-electron chi connectivity index (χ1n) is 8.27. The summed E-state index contributed by atoms with van der Waals surface area (Å²) < 4.78 is 5.54. The van der Waals surface area contributed by atoms with Gasteiger partial charge in [-0.2, -0.15) is 0 Å². The summed E-state index contributed by atoms with van der Waals surface area (Å²) in [5.74, 6) is -0.930. The van der Waals surface area contributed by atoms with Gasteiger partial charge in [-0.1, -0.05) is 28.1 Å². The van der Waals surface area contributed by atoms with Crippen LogP contribution in [0.1, 0.15) is 28.4 Å². The fourth-order valence-corrected chi connectivity index (χ4v) is 3.29. The number of H-pyrrole nitrogens is 1. The van der Waals surface area contributed by atoms with E-state index in [1.807, 2.05) is 6.07 Å². The molecule has 0 aliphatic heterocycles. The number of benzene rings is 2. The fourth-order valence-electron chi connectivity index (χ4n) is 2.87. The Bertz CT molecular complexity index is 1060. The number of nitro benzene ring substituents is 1. The van der Waals surface area contributed by atoms with Crippen LogP contribution < -0.4 is 5.32 Å². The minimum absolute atomic E-state index is 0.0544. The molecule has 0 fully saturated rings. The zero-order valence-corrected chi connectivity index (χ0v) is 16.4. The Labute approximate surface area is 168 Å². The number of carbonyl (C=O) groups excluding carboxylic acids is 2. The Balaban J connectivity index is 1.93. The van der Waals surface area contributed by atoms with Gasteiger partial charge in [-0.3, -0.25) is 19.7 Å². The zero-order chi connectivity index (χ0) is 20.3. The number of nitrogens with zero attached hydrogens (tertiary/aromatic N) is 1. The van der Waals surface area contributed by atoms with E-state index >= 15 is 0 Å². The van der Waals surface area contributed by atoms with E-state index in [1.54, 1.807) is 24.3 Å².